The number of esters is 1. The molecule has 0 unspecified atom stereocenters. The minimum absolute atomic E-state index is 0.0933. The molecule has 0 aromatic heterocycles. The predicted molar refractivity (Wildman–Crippen MR) is 93.8 cm³/mol. The molecular weight excluding hydrogens is 360 g/mol. The fourth-order valence-corrected chi connectivity index (χ4v) is 3.42. The second-order valence-electron chi connectivity index (χ2n) is 5.23. The molecule has 0 radical (unpaired) electrons. The monoisotopic (exact) mass is 376 g/mol. The van der Waals surface area contributed by atoms with Gasteiger partial charge in [0.25, 0.3) is 5.69 Å². The van der Waals surface area contributed by atoms with Crippen molar-refractivity contribution in [1.82, 2.24) is 4.72 Å². The van der Waals surface area contributed by atoms with E-state index in [0.29, 0.717) is 5.56 Å². The van der Waals surface area contributed by atoms with Gasteiger partial charge >= 0.3 is 5.97 Å². The lowest BCUT2D eigenvalue weighted by atomic mass is 10.0. The van der Waals surface area contributed by atoms with Gasteiger partial charge in [0.15, 0.2) is 0 Å². The van der Waals surface area contributed by atoms with E-state index in [-0.39, 0.29) is 16.2 Å². The van der Waals surface area contributed by atoms with Crippen LogP contribution in [0.5, 0.6) is 0 Å². The van der Waals surface area contributed by atoms with Crippen LogP contribution in [0.3, 0.4) is 0 Å². The highest BCUT2D eigenvalue weighted by Crippen LogP contribution is 2.25. The number of hydrogen-bond acceptors (Lipinski definition) is 6. The molecule has 0 bridgehead atoms. The Morgan fingerprint density at radius 3 is 2.23 bits per heavy atom. The Kier molecular flexibility index (Phi) is 5.86. The Morgan fingerprint density at radius 2 is 1.73 bits per heavy atom. The molecule has 1 N–H and O–H groups in total. The molecule has 0 aliphatic heterocycles. The summed E-state index contributed by atoms with van der Waals surface area (Å²) in [5, 5.41) is 10.7. The van der Waals surface area contributed by atoms with E-state index in [1.165, 1.54) is 7.11 Å². The zero-order valence-corrected chi connectivity index (χ0v) is 14.6. The number of nitrogens with zero attached hydrogens (tertiary/aromatic N) is 1. The molecule has 0 saturated carbocycles. The highest BCUT2D eigenvalue weighted by Gasteiger charge is 2.27. The van der Waals surface area contributed by atoms with E-state index >= 15 is 0 Å². The first-order chi connectivity index (χ1) is 12.3. The first-order valence-corrected chi connectivity index (χ1v) is 8.83. The van der Waals surface area contributed by atoms with Gasteiger partial charge in [0.05, 0.1) is 28.5 Å². The van der Waals surface area contributed by atoms with Crippen LogP contribution in [0.1, 0.15) is 11.6 Å². The Morgan fingerprint density at radius 1 is 1.15 bits per heavy atom. The third-order valence-electron chi connectivity index (χ3n) is 3.56. The van der Waals surface area contributed by atoms with E-state index in [2.05, 4.69) is 16.0 Å². The highest BCUT2D eigenvalue weighted by atomic mass is 32.2. The van der Waals surface area contributed by atoms with Crippen molar-refractivity contribution in [2.75, 3.05) is 7.11 Å². The molecule has 136 valence electrons. The van der Waals surface area contributed by atoms with E-state index in [0.717, 1.165) is 24.3 Å². The van der Waals surface area contributed by atoms with E-state index < -0.39 is 27.0 Å². The number of benzene rings is 2. The maximum Gasteiger partial charge on any atom is 0.335 e. The van der Waals surface area contributed by atoms with Crippen molar-refractivity contribution in [3.63, 3.8) is 0 Å². The third kappa shape index (κ3) is 4.32. The zero-order valence-electron chi connectivity index (χ0n) is 13.8. The summed E-state index contributed by atoms with van der Waals surface area (Å²) in [4.78, 5) is 21.7. The maximum atomic E-state index is 12.6. The van der Waals surface area contributed by atoms with Crippen LogP contribution < -0.4 is 4.72 Å². The first kappa shape index (κ1) is 19.3. The molecule has 0 spiro atoms. The standard InChI is InChI=1S/C17H16N2O6S/c1-12(17(20)25-2)16(13-6-4-3-5-7-13)18-26(23,24)15-10-8-14(9-11-15)19(21)22/h3-11,16,18H,1H2,2H3/t16-/m1/s1. The summed E-state index contributed by atoms with van der Waals surface area (Å²) >= 11 is 0. The molecule has 26 heavy (non-hydrogen) atoms. The molecule has 2 aromatic carbocycles. The zero-order chi connectivity index (χ0) is 19.3. The van der Waals surface area contributed by atoms with Crippen molar-refractivity contribution in [3.05, 3.63) is 82.4 Å². The number of nitrogens with one attached hydrogen (secondary N) is 1. The first-order valence-electron chi connectivity index (χ1n) is 7.35. The molecule has 0 aliphatic carbocycles. The summed E-state index contributed by atoms with van der Waals surface area (Å²) in [7, 11) is -2.91. The number of rotatable bonds is 7. The molecule has 2 rings (SSSR count). The number of non-ortho nitro benzene ring substituents is 1. The minimum atomic E-state index is -4.08. The van der Waals surface area contributed by atoms with Crippen molar-refractivity contribution >= 4 is 21.7 Å². The van der Waals surface area contributed by atoms with Crippen LogP contribution >= 0.6 is 0 Å². The summed E-state index contributed by atoms with van der Waals surface area (Å²) < 4.78 is 32.3. The summed E-state index contributed by atoms with van der Waals surface area (Å²) in [5.41, 5.74) is 0.167. The molecule has 0 fully saturated rings. The van der Waals surface area contributed by atoms with E-state index in [1.807, 2.05) is 0 Å². The lowest BCUT2D eigenvalue weighted by Gasteiger charge is -2.20. The van der Waals surface area contributed by atoms with Crippen molar-refractivity contribution in [3.8, 4) is 0 Å². The predicted octanol–water partition coefficient (Wildman–Crippen LogP) is 2.34. The van der Waals surface area contributed by atoms with E-state index in [1.54, 1.807) is 30.3 Å². The summed E-state index contributed by atoms with van der Waals surface area (Å²) in [5.74, 6) is -0.759. The van der Waals surface area contributed by atoms with Crippen LogP contribution in [-0.4, -0.2) is 26.4 Å². The molecular formula is C17H16N2O6S. The molecule has 8 nitrogen and oxygen atoms in total. The lowest BCUT2D eigenvalue weighted by Crippen LogP contribution is -2.32. The van der Waals surface area contributed by atoms with Gasteiger partial charge < -0.3 is 4.74 Å². The van der Waals surface area contributed by atoms with Gasteiger partial charge in [0, 0.05) is 12.1 Å². The number of nitro groups is 1. The van der Waals surface area contributed by atoms with Crippen LogP contribution in [0.15, 0.2) is 71.6 Å². The molecule has 1 atom stereocenters. The average molecular weight is 376 g/mol. The molecule has 2 aromatic rings. The van der Waals surface area contributed by atoms with Gasteiger partial charge in [-0.15, -0.1) is 0 Å². The van der Waals surface area contributed by atoms with Gasteiger partial charge in [0.1, 0.15) is 0 Å². The van der Waals surface area contributed by atoms with E-state index in [9.17, 15) is 23.3 Å². The number of carbonyl (C=O) groups is 1. The number of ether oxygens (including phenoxy) is 1. The average Bonchev–Trinajstić information content (AvgIpc) is 2.65. The van der Waals surface area contributed by atoms with Gasteiger partial charge in [-0.25, -0.2) is 13.2 Å². The molecule has 9 heteroatoms. The smallest absolute Gasteiger partial charge is 0.335 e. The summed E-state index contributed by atoms with van der Waals surface area (Å²) in [6.07, 6.45) is 0. The van der Waals surface area contributed by atoms with Crippen LogP contribution in [0.4, 0.5) is 5.69 Å². The second-order valence-corrected chi connectivity index (χ2v) is 6.95. The van der Waals surface area contributed by atoms with Crippen LogP contribution in [-0.2, 0) is 19.6 Å². The van der Waals surface area contributed by atoms with Gasteiger partial charge in [-0.2, -0.15) is 4.72 Å². The minimum Gasteiger partial charge on any atom is -0.466 e. The lowest BCUT2D eigenvalue weighted by molar-refractivity contribution is -0.384. The van der Waals surface area contributed by atoms with Gasteiger partial charge in [-0.05, 0) is 17.7 Å². The highest BCUT2D eigenvalue weighted by molar-refractivity contribution is 7.89. The summed E-state index contributed by atoms with van der Waals surface area (Å²) in [6, 6.07) is 11.7. The maximum absolute atomic E-state index is 12.6. The molecule has 0 aliphatic rings. The van der Waals surface area contributed by atoms with Gasteiger partial charge in [-0.1, -0.05) is 36.9 Å². The number of methoxy groups -OCH3 is 1. The van der Waals surface area contributed by atoms with Gasteiger partial charge in [-0.3, -0.25) is 10.1 Å². The Labute approximate surface area is 150 Å². The largest absolute Gasteiger partial charge is 0.466 e. The number of hydrogen-bond donors (Lipinski definition) is 1. The normalized spacial score (nSPS) is 12.2. The molecule has 0 heterocycles. The SMILES string of the molecule is C=C(C(=O)OC)[C@@H](NS(=O)(=O)c1ccc([N+](=O)[O-])cc1)c1ccccc1. The fourth-order valence-electron chi connectivity index (χ4n) is 2.20. The Hall–Kier alpha value is -3.04. The van der Waals surface area contributed by atoms with Crippen molar-refractivity contribution in [1.29, 1.82) is 0 Å². The fraction of sp³-hybridized carbons (Fsp3) is 0.118. The van der Waals surface area contributed by atoms with Crippen molar-refractivity contribution in [2.45, 2.75) is 10.9 Å². The third-order valence-corrected chi connectivity index (χ3v) is 5.00. The number of carbonyl (C=O) groups excluding carboxylic acids is 1. The van der Waals surface area contributed by atoms with Crippen molar-refractivity contribution in [2.24, 2.45) is 0 Å². The number of nitro benzene ring substituents is 1. The Bertz CT molecular complexity index is 923. The summed E-state index contributed by atoms with van der Waals surface area (Å²) in [6.45, 7) is 3.63. The van der Waals surface area contributed by atoms with Crippen LogP contribution in [0.25, 0.3) is 0 Å². The second kappa shape index (κ2) is 7.89. The Balaban J connectivity index is 2.38. The molecule has 0 saturated heterocycles. The van der Waals surface area contributed by atoms with E-state index in [4.69, 9.17) is 0 Å². The quantitative estimate of drug-likeness (QED) is 0.343. The van der Waals surface area contributed by atoms with Gasteiger partial charge in [0.2, 0.25) is 10.0 Å². The molecule has 0 amide bonds. The van der Waals surface area contributed by atoms with Crippen LogP contribution in [0.2, 0.25) is 0 Å². The number of sulfonamides is 1. The topological polar surface area (TPSA) is 116 Å². The van der Waals surface area contributed by atoms with Crippen LogP contribution in [0, 0.1) is 10.1 Å². The van der Waals surface area contributed by atoms with Crippen molar-refractivity contribution < 1.29 is 22.9 Å².